The van der Waals surface area contributed by atoms with Crippen LogP contribution in [0.3, 0.4) is 0 Å². The maximum atomic E-state index is 12.5. The minimum absolute atomic E-state index is 0.363. The quantitative estimate of drug-likeness (QED) is 0.0315. The van der Waals surface area contributed by atoms with Crippen molar-refractivity contribution < 1.29 is 25.2 Å². The van der Waals surface area contributed by atoms with Gasteiger partial charge in [-0.15, -0.1) is 0 Å². The third-order valence-corrected chi connectivity index (χ3v) is 10.9. The third kappa shape index (κ3) is 36.2. The number of aliphatic hydroxyl groups excluding tert-OH is 4. The van der Waals surface area contributed by atoms with Crippen LogP contribution in [0.2, 0.25) is 0 Å². The van der Waals surface area contributed by atoms with E-state index in [-0.39, 0.29) is 0 Å². The normalized spacial score (nSPS) is 14.3. The van der Waals surface area contributed by atoms with Gasteiger partial charge in [0, 0.05) is 0 Å². The van der Waals surface area contributed by atoms with E-state index < -0.39 is 36.9 Å². The van der Waals surface area contributed by atoms with E-state index in [2.05, 4.69) is 43.5 Å². The second kappa shape index (κ2) is 41.9. The number of aliphatic hydroxyl groups is 4. The van der Waals surface area contributed by atoms with Crippen molar-refractivity contribution in [2.24, 2.45) is 0 Å². The fourth-order valence-electron chi connectivity index (χ4n) is 7.20. The first kappa shape index (κ1) is 51.8. The average molecular weight is 750 g/mol. The fraction of sp³-hybridized carbons (Fsp3) is 0.894. The number of hydrogen-bond acceptors (Lipinski definition) is 5. The van der Waals surface area contributed by atoms with Crippen molar-refractivity contribution in [3.63, 3.8) is 0 Å². The zero-order valence-electron chi connectivity index (χ0n) is 35.3. The van der Waals surface area contributed by atoms with E-state index >= 15 is 0 Å². The van der Waals surface area contributed by atoms with Crippen molar-refractivity contribution >= 4 is 5.91 Å². The number of allylic oxidation sites excluding steroid dienone is 4. The molecule has 0 bridgehead atoms. The summed E-state index contributed by atoms with van der Waals surface area (Å²) in [7, 11) is 0. The first-order valence-electron chi connectivity index (χ1n) is 23.2. The Kier molecular flexibility index (Phi) is 41.0. The summed E-state index contributed by atoms with van der Waals surface area (Å²) in [6.45, 7) is 4.05. The Balaban J connectivity index is 3.70. The van der Waals surface area contributed by atoms with Crippen molar-refractivity contribution in [2.75, 3.05) is 6.61 Å². The first-order valence-corrected chi connectivity index (χ1v) is 23.2. The van der Waals surface area contributed by atoms with Gasteiger partial charge in [0.1, 0.15) is 12.2 Å². The van der Waals surface area contributed by atoms with Crippen molar-refractivity contribution in [1.29, 1.82) is 0 Å². The molecular formula is C47H91NO5. The molecule has 0 radical (unpaired) electrons. The summed E-state index contributed by atoms with van der Waals surface area (Å²) in [6, 6.07) is -0.985. The molecule has 0 aromatic carbocycles. The molecule has 4 atom stereocenters. The molecule has 0 heterocycles. The lowest BCUT2D eigenvalue weighted by Crippen LogP contribution is -2.53. The molecule has 53 heavy (non-hydrogen) atoms. The van der Waals surface area contributed by atoms with Gasteiger partial charge < -0.3 is 25.7 Å². The summed E-state index contributed by atoms with van der Waals surface area (Å²) >= 11 is 0. The number of nitrogens with one attached hydrogen (secondary N) is 1. The van der Waals surface area contributed by atoms with Gasteiger partial charge in [-0.2, -0.15) is 0 Å². The third-order valence-electron chi connectivity index (χ3n) is 10.9. The fourth-order valence-corrected chi connectivity index (χ4v) is 7.20. The number of rotatable bonds is 42. The first-order chi connectivity index (χ1) is 26.0. The molecular weight excluding hydrogens is 659 g/mol. The molecule has 0 spiro atoms. The van der Waals surface area contributed by atoms with Crippen LogP contribution in [0, 0.1) is 0 Å². The SMILES string of the molecule is CCCCCCCCCCC/C=C\C/C=C\CCCCCCCCCCC(O)C(=O)NC(CO)C(O)C(O)CCCCCCCCCCCCCCC. The monoisotopic (exact) mass is 750 g/mol. The van der Waals surface area contributed by atoms with Crippen LogP contribution < -0.4 is 5.32 Å². The predicted octanol–water partition coefficient (Wildman–Crippen LogP) is 12.4. The molecule has 0 aromatic rings. The van der Waals surface area contributed by atoms with Gasteiger partial charge >= 0.3 is 0 Å². The van der Waals surface area contributed by atoms with Gasteiger partial charge in [-0.1, -0.05) is 218 Å². The second-order valence-electron chi connectivity index (χ2n) is 16.1. The van der Waals surface area contributed by atoms with Crippen LogP contribution in [0.15, 0.2) is 24.3 Å². The molecule has 1 amide bonds. The Labute approximate surface area is 329 Å². The number of carbonyl (C=O) groups excluding carboxylic acids is 1. The smallest absolute Gasteiger partial charge is 0.249 e. The Morgan fingerprint density at radius 3 is 1.19 bits per heavy atom. The number of hydrogen-bond donors (Lipinski definition) is 5. The molecule has 6 heteroatoms. The maximum Gasteiger partial charge on any atom is 0.249 e. The largest absolute Gasteiger partial charge is 0.394 e. The summed E-state index contributed by atoms with van der Waals surface area (Å²) < 4.78 is 0. The van der Waals surface area contributed by atoms with Crippen molar-refractivity contribution in [1.82, 2.24) is 5.32 Å². The Morgan fingerprint density at radius 2 is 0.811 bits per heavy atom. The molecule has 0 saturated carbocycles. The number of unbranched alkanes of at least 4 members (excludes halogenated alkanes) is 29. The van der Waals surface area contributed by atoms with Crippen LogP contribution in [0.1, 0.15) is 239 Å². The summed E-state index contributed by atoms with van der Waals surface area (Å²) in [5.41, 5.74) is 0. The van der Waals surface area contributed by atoms with Crippen molar-refractivity contribution in [3.05, 3.63) is 24.3 Å². The topological polar surface area (TPSA) is 110 Å². The lowest BCUT2D eigenvalue weighted by atomic mass is 9.99. The van der Waals surface area contributed by atoms with Gasteiger partial charge in [-0.25, -0.2) is 0 Å². The van der Waals surface area contributed by atoms with E-state index in [1.807, 2.05) is 0 Å². The minimum Gasteiger partial charge on any atom is -0.394 e. The van der Waals surface area contributed by atoms with Gasteiger partial charge in [0.15, 0.2) is 0 Å². The van der Waals surface area contributed by atoms with Crippen LogP contribution in [0.5, 0.6) is 0 Å². The Bertz CT molecular complexity index is 802. The Hall–Kier alpha value is -1.21. The summed E-state index contributed by atoms with van der Waals surface area (Å²) in [5.74, 6) is -0.588. The van der Waals surface area contributed by atoms with Crippen LogP contribution in [0.4, 0.5) is 0 Å². The molecule has 0 saturated heterocycles. The molecule has 0 fully saturated rings. The van der Waals surface area contributed by atoms with E-state index in [1.165, 1.54) is 167 Å². The number of amides is 1. The van der Waals surface area contributed by atoms with Gasteiger partial charge in [0.2, 0.25) is 5.91 Å². The Morgan fingerprint density at radius 1 is 0.472 bits per heavy atom. The highest BCUT2D eigenvalue weighted by Crippen LogP contribution is 2.16. The molecule has 0 aromatic heterocycles. The molecule has 314 valence electrons. The lowest BCUT2D eigenvalue weighted by Gasteiger charge is -2.27. The average Bonchev–Trinajstić information content (AvgIpc) is 3.16. The van der Waals surface area contributed by atoms with Crippen LogP contribution in [0.25, 0.3) is 0 Å². The van der Waals surface area contributed by atoms with E-state index in [1.54, 1.807) is 0 Å². The van der Waals surface area contributed by atoms with Crippen molar-refractivity contribution in [2.45, 2.75) is 263 Å². The van der Waals surface area contributed by atoms with Gasteiger partial charge in [-0.05, 0) is 44.9 Å². The molecule has 4 unspecified atom stereocenters. The predicted molar refractivity (Wildman–Crippen MR) is 228 cm³/mol. The van der Waals surface area contributed by atoms with Crippen LogP contribution in [-0.2, 0) is 4.79 Å². The van der Waals surface area contributed by atoms with E-state index in [4.69, 9.17) is 0 Å². The summed E-state index contributed by atoms with van der Waals surface area (Å²) in [5, 5.41) is 43.7. The molecule has 0 aliphatic carbocycles. The molecule has 0 aliphatic rings. The van der Waals surface area contributed by atoms with Crippen molar-refractivity contribution in [3.8, 4) is 0 Å². The highest BCUT2D eigenvalue weighted by atomic mass is 16.3. The zero-order valence-corrected chi connectivity index (χ0v) is 35.3. The summed E-state index contributed by atoms with van der Waals surface area (Å²) in [4.78, 5) is 12.5. The minimum atomic E-state index is -1.26. The molecule has 6 nitrogen and oxygen atoms in total. The van der Waals surface area contributed by atoms with Crippen LogP contribution >= 0.6 is 0 Å². The molecule has 0 aliphatic heterocycles. The molecule has 0 rings (SSSR count). The van der Waals surface area contributed by atoms with E-state index in [0.717, 1.165) is 44.9 Å². The highest BCUT2D eigenvalue weighted by Gasteiger charge is 2.28. The zero-order chi connectivity index (χ0) is 38.9. The van der Waals surface area contributed by atoms with Gasteiger partial charge in [0.25, 0.3) is 0 Å². The van der Waals surface area contributed by atoms with E-state index in [0.29, 0.717) is 12.8 Å². The maximum absolute atomic E-state index is 12.5. The number of carbonyl (C=O) groups is 1. The van der Waals surface area contributed by atoms with Gasteiger partial charge in [0.05, 0.1) is 18.8 Å². The molecule has 5 N–H and O–H groups in total. The second-order valence-corrected chi connectivity index (χ2v) is 16.1. The highest BCUT2D eigenvalue weighted by molar-refractivity contribution is 5.80. The lowest BCUT2D eigenvalue weighted by molar-refractivity contribution is -0.132. The standard InChI is InChI=1S/C47H91NO5/c1-3-5-7-9-11-13-15-17-18-19-20-21-22-23-24-25-26-27-29-31-33-35-37-39-41-45(51)47(53)48-43(42-49)46(52)44(50)40-38-36-34-32-30-28-16-14-12-10-8-6-4-2/h20-21,23-24,43-46,49-52H,3-19,22,25-42H2,1-2H3,(H,48,53)/b21-20-,24-23-. The van der Waals surface area contributed by atoms with E-state index in [9.17, 15) is 25.2 Å². The summed E-state index contributed by atoms with van der Waals surface area (Å²) in [6.07, 6.45) is 47.8. The van der Waals surface area contributed by atoms with Gasteiger partial charge in [-0.3, -0.25) is 4.79 Å². The van der Waals surface area contributed by atoms with Crippen LogP contribution in [-0.4, -0.2) is 57.3 Å².